The maximum absolute atomic E-state index is 11.5. The fraction of sp³-hybridized carbons (Fsp3) is 0.833. The van der Waals surface area contributed by atoms with Crippen LogP contribution in [-0.2, 0) is 9.53 Å². The molecular formula is C18H33ClO2. The van der Waals surface area contributed by atoms with Gasteiger partial charge in [0.2, 0.25) is 0 Å². The molecule has 0 bridgehead atoms. The number of alkyl halides is 1. The molecule has 2 nitrogen and oxygen atoms in total. The molecule has 0 heterocycles. The summed E-state index contributed by atoms with van der Waals surface area (Å²) in [5, 5.41) is 0. The molecule has 0 amide bonds. The van der Waals surface area contributed by atoms with E-state index in [4.69, 9.17) is 16.3 Å². The van der Waals surface area contributed by atoms with Gasteiger partial charge in [-0.1, -0.05) is 31.8 Å². The van der Waals surface area contributed by atoms with E-state index in [2.05, 4.69) is 20.8 Å². The molecule has 0 aliphatic carbocycles. The Morgan fingerprint density at radius 1 is 1.19 bits per heavy atom. The minimum Gasteiger partial charge on any atom is -0.460 e. The molecule has 0 rings (SSSR count). The zero-order valence-corrected chi connectivity index (χ0v) is 15.4. The summed E-state index contributed by atoms with van der Waals surface area (Å²) in [6.07, 6.45) is 8.36. The van der Waals surface area contributed by atoms with Crippen molar-refractivity contribution in [1.82, 2.24) is 0 Å². The summed E-state index contributed by atoms with van der Waals surface area (Å²) in [5.74, 6) is 0.499. The van der Waals surface area contributed by atoms with Crippen LogP contribution in [0.4, 0.5) is 0 Å². The molecule has 1 atom stereocenters. The van der Waals surface area contributed by atoms with Crippen molar-refractivity contribution in [2.45, 2.75) is 91.0 Å². The Bertz CT molecular complexity index is 327. The normalized spacial score (nSPS) is 14.4. The zero-order chi connectivity index (χ0) is 16.5. The molecule has 0 aromatic heterocycles. The van der Waals surface area contributed by atoms with Crippen LogP contribution >= 0.6 is 11.6 Å². The van der Waals surface area contributed by atoms with Gasteiger partial charge in [-0.2, -0.15) is 0 Å². The Morgan fingerprint density at radius 2 is 1.76 bits per heavy atom. The Kier molecular flexibility index (Phi) is 10.0. The average molecular weight is 317 g/mol. The maximum Gasteiger partial charge on any atom is 0.330 e. The molecule has 0 N–H and O–H groups in total. The summed E-state index contributed by atoms with van der Waals surface area (Å²) in [6.45, 7) is 12.2. The van der Waals surface area contributed by atoms with E-state index in [1.807, 2.05) is 20.8 Å². The highest BCUT2D eigenvalue weighted by Gasteiger charge is 2.13. The van der Waals surface area contributed by atoms with Gasteiger partial charge >= 0.3 is 5.97 Å². The highest BCUT2D eigenvalue weighted by Crippen LogP contribution is 2.24. The fourth-order valence-electron chi connectivity index (χ4n) is 2.28. The summed E-state index contributed by atoms with van der Waals surface area (Å²) < 4.78 is 5.11. The van der Waals surface area contributed by atoms with E-state index in [1.54, 1.807) is 6.08 Å². The number of hydrogen-bond donors (Lipinski definition) is 0. The largest absolute Gasteiger partial charge is 0.460 e. The van der Waals surface area contributed by atoms with Crippen LogP contribution in [-0.4, -0.2) is 16.9 Å². The monoisotopic (exact) mass is 316 g/mol. The van der Waals surface area contributed by atoms with E-state index < -0.39 is 0 Å². The van der Waals surface area contributed by atoms with Crippen LogP contribution in [0.1, 0.15) is 80.1 Å². The van der Waals surface area contributed by atoms with Crippen molar-refractivity contribution >= 4 is 17.6 Å². The van der Waals surface area contributed by atoms with Crippen molar-refractivity contribution in [2.24, 2.45) is 5.92 Å². The molecule has 0 aromatic carbocycles. The molecule has 3 heteroatoms. The average Bonchev–Trinajstić information content (AvgIpc) is 2.25. The highest BCUT2D eigenvalue weighted by atomic mass is 35.5. The van der Waals surface area contributed by atoms with Crippen LogP contribution in [0.25, 0.3) is 0 Å². The van der Waals surface area contributed by atoms with Gasteiger partial charge in [0.15, 0.2) is 0 Å². The van der Waals surface area contributed by atoms with Crippen molar-refractivity contribution in [3.63, 3.8) is 0 Å². The second-order valence-corrected chi connectivity index (χ2v) is 8.11. The molecule has 0 saturated carbocycles. The van der Waals surface area contributed by atoms with Gasteiger partial charge in [-0.05, 0) is 59.8 Å². The van der Waals surface area contributed by atoms with Crippen molar-refractivity contribution in [3.8, 4) is 0 Å². The topological polar surface area (TPSA) is 26.3 Å². The van der Waals surface area contributed by atoms with Gasteiger partial charge in [0.1, 0.15) is 0 Å². The predicted octanol–water partition coefficient (Wildman–Crippen LogP) is 5.88. The molecular weight excluding hydrogens is 284 g/mol. The molecule has 0 fully saturated rings. The number of ether oxygens (including phenoxy) is 1. The van der Waals surface area contributed by atoms with E-state index in [9.17, 15) is 4.79 Å². The summed E-state index contributed by atoms with van der Waals surface area (Å²) >= 11 is 6.20. The molecule has 1 unspecified atom stereocenters. The summed E-state index contributed by atoms with van der Waals surface area (Å²) in [6, 6.07) is 0. The zero-order valence-electron chi connectivity index (χ0n) is 14.7. The fourth-order valence-corrected chi connectivity index (χ4v) is 2.42. The van der Waals surface area contributed by atoms with Gasteiger partial charge in [0, 0.05) is 11.0 Å². The minimum atomic E-state index is -0.222. The highest BCUT2D eigenvalue weighted by molar-refractivity contribution is 6.23. The van der Waals surface area contributed by atoms with E-state index in [0.29, 0.717) is 0 Å². The third-order valence-corrected chi connectivity index (χ3v) is 3.64. The van der Waals surface area contributed by atoms with Gasteiger partial charge in [-0.25, -0.2) is 4.79 Å². The first-order valence-corrected chi connectivity index (χ1v) is 8.54. The van der Waals surface area contributed by atoms with Crippen LogP contribution in [0.15, 0.2) is 11.6 Å². The Morgan fingerprint density at radius 3 is 2.29 bits per heavy atom. The number of esters is 1. The van der Waals surface area contributed by atoms with Crippen molar-refractivity contribution in [1.29, 1.82) is 0 Å². The molecule has 0 spiro atoms. The van der Waals surface area contributed by atoms with Crippen LogP contribution in [0.2, 0.25) is 0 Å². The lowest BCUT2D eigenvalue weighted by atomic mass is 9.94. The van der Waals surface area contributed by atoms with Gasteiger partial charge in [0.25, 0.3) is 0 Å². The van der Waals surface area contributed by atoms with Crippen molar-refractivity contribution in [3.05, 3.63) is 11.6 Å². The third-order valence-electron chi connectivity index (χ3n) is 3.45. The van der Waals surface area contributed by atoms with Gasteiger partial charge in [0.05, 0.1) is 6.10 Å². The minimum absolute atomic E-state index is 0.0484. The van der Waals surface area contributed by atoms with Gasteiger partial charge in [-0.15, -0.1) is 11.6 Å². The first-order valence-electron chi connectivity index (χ1n) is 8.17. The van der Waals surface area contributed by atoms with E-state index in [-0.39, 0.29) is 16.9 Å². The number of carbonyl (C=O) groups excluding carboxylic acids is 1. The molecule has 0 aromatic rings. The Balaban J connectivity index is 3.82. The number of rotatable bonds is 10. The van der Waals surface area contributed by atoms with E-state index in [0.717, 1.165) is 30.8 Å². The SMILES string of the molecule is CC(=CC(=O)OC(C)C)CCCC(C)CCCC(C)(C)Cl. The van der Waals surface area contributed by atoms with Crippen LogP contribution in [0.3, 0.4) is 0 Å². The first kappa shape index (κ1) is 20.5. The summed E-state index contributed by atoms with van der Waals surface area (Å²) in [5.41, 5.74) is 1.11. The molecule has 0 saturated heterocycles. The van der Waals surface area contributed by atoms with Crippen LogP contribution < -0.4 is 0 Å². The summed E-state index contributed by atoms with van der Waals surface area (Å²) in [7, 11) is 0. The number of allylic oxidation sites excluding steroid dienone is 1. The molecule has 0 radical (unpaired) electrons. The summed E-state index contributed by atoms with van der Waals surface area (Å²) in [4.78, 5) is 11.4. The maximum atomic E-state index is 11.5. The second-order valence-electron chi connectivity index (χ2n) is 7.08. The number of carbonyl (C=O) groups is 1. The first-order chi connectivity index (χ1) is 9.60. The molecule has 0 aliphatic rings. The van der Waals surface area contributed by atoms with Crippen molar-refractivity contribution < 1.29 is 9.53 Å². The lowest BCUT2D eigenvalue weighted by molar-refractivity contribution is -0.141. The van der Waals surface area contributed by atoms with Crippen LogP contribution in [0, 0.1) is 5.92 Å². The molecule has 21 heavy (non-hydrogen) atoms. The van der Waals surface area contributed by atoms with Crippen LogP contribution in [0.5, 0.6) is 0 Å². The van der Waals surface area contributed by atoms with Gasteiger partial charge in [-0.3, -0.25) is 0 Å². The Labute approximate surface area is 136 Å². The number of halogens is 1. The predicted molar refractivity (Wildman–Crippen MR) is 91.8 cm³/mol. The van der Waals surface area contributed by atoms with Gasteiger partial charge < -0.3 is 4.74 Å². The quantitative estimate of drug-likeness (QED) is 0.286. The molecule has 124 valence electrons. The lowest BCUT2D eigenvalue weighted by Gasteiger charge is -2.17. The van der Waals surface area contributed by atoms with E-state index >= 15 is 0 Å². The smallest absolute Gasteiger partial charge is 0.330 e. The number of hydrogen-bond acceptors (Lipinski definition) is 2. The van der Waals surface area contributed by atoms with Crippen molar-refractivity contribution in [2.75, 3.05) is 0 Å². The third kappa shape index (κ3) is 14.2. The standard InChI is InChI=1S/C18H33ClO2/c1-14(2)21-17(20)13-16(4)10-7-9-15(3)11-8-12-18(5,6)19/h13-15H,7-12H2,1-6H3. The van der Waals surface area contributed by atoms with E-state index in [1.165, 1.54) is 19.3 Å². The molecule has 0 aliphatic heterocycles. The Hall–Kier alpha value is -0.500. The second kappa shape index (κ2) is 10.3. The lowest BCUT2D eigenvalue weighted by Crippen LogP contribution is -2.10.